The molecular weight excluding hydrogens is 382 g/mol. The summed E-state index contributed by atoms with van der Waals surface area (Å²) in [6.07, 6.45) is 0. The maximum Gasteiger partial charge on any atom is 0.326 e. The number of nitrogens with zero attached hydrogens (tertiary/aromatic N) is 5. The third-order valence-corrected chi connectivity index (χ3v) is 5.28. The summed E-state index contributed by atoms with van der Waals surface area (Å²) in [5, 5.41) is 9.66. The van der Waals surface area contributed by atoms with Gasteiger partial charge in [0, 0.05) is 18.0 Å². The van der Waals surface area contributed by atoms with E-state index < -0.39 is 5.97 Å². The smallest absolute Gasteiger partial charge is 0.326 e. The lowest BCUT2D eigenvalue weighted by Gasteiger charge is -2.10. The molecule has 2 aromatic carbocycles. The number of benzene rings is 2. The van der Waals surface area contributed by atoms with Crippen LogP contribution in [0.25, 0.3) is 38.8 Å². The highest BCUT2D eigenvalue weighted by Crippen LogP contribution is 2.29. The van der Waals surface area contributed by atoms with Crippen LogP contribution in [0.4, 0.5) is 0 Å². The van der Waals surface area contributed by atoms with Gasteiger partial charge in [0.2, 0.25) is 0 Å². The fraction of sp³-hybridized carbons (Fsp3) is 0.182. The zero-order valence-corrected chi connectivity index (χ0v) is 16.6. The molecule has 8 heteroatoms. The normalized spacial score (nSPS) is 11.5. The average molecular weight is 401 g/mol. The van der Waals surface area contributed by atoms with E-state index >= 15 is 0 Å². The monoisotopic (exact) mass is 401 g/mol. The van der Waals surface area contributed by atoms with Gasteiger partial charge in [-0.25, -0.2) is 0 Å². The van der Waals surface area contributed by atoms with Gasteiger partial charge in [-0.1, -0.05) is 53.7 Å². The Hall–Kier alpha value is -3.94. The van der Waals surface area contributed by atoms with E-state index in [0.717, 1.165) is 16.5 Å². The summed E-state index contributed by atoms with van der Waals surface area (Å²) in [5.74, 6) is -0.486. The molecule has 0 spiro atoms. The van der Waals surface area contributed by atoms with Crippen molar-refractivity contribution in [1.29, 1.82) is 0 Å². The van der Waals surface area contributed by atoms with Crippen molar-refractivity contribution >= 4 is 33.6 Å². The van der Waals surface area contributed by atoms with Crippen molar-refractivity contribution in [2.24, 2.45) is 7.05 Å². The number of para-hydroxylation sites is 1. The van der Waals surface area contributed by atoms with E-state index in [2.05, 4.69) is 10.3 Å². The first kappa shape index (κ1) is 18.1. The first-order valence-electron chi connectivity index (χ1n) is 9.68. The lowest BCUT2D eigenvalue weighted by Crippen LogP contribution is -2.28. The zero-order chi connectivity index (χ0) is 20.8. The van der Waals surface area contributed by atoms with Crippen LogP contribution in [0, 0.1) is 0 Å². The fourth-order valence-electron chi connectivity index (χ4n) is 3.99. The third kappa shape index (κ3) is 2.53. The van der Waals surface area contributed by atoms with Crippen LogP contribution in [0.5, 0.6) is 0 Å². The van der Waals surface area contributed by atoms with E-state index in [4.69, 9.17) is 4.74 Å². The molecule has 3 aromatic heterocycles. The average Bonchev–Trinajstić information content (AvgIpc) is 3.32. The largest absolute Gasteiger partial charge is 0.465 e. The summed E-state index contributed by atoms with van der Waals surface area (Å²) >= 11 is 0. The minimum absolute atomic E-state index is 0.221. The molecule has 0 saturated heterocycles. The molecule has 0 amide bonds. The molecular formula is C22H19N5O3. The van der Waals surface area contributed by atoms with Gasteiger partial charge in [-0.3, -0.25) is 14.2 Å². The summed E-state index contributed by atoms with van der Waals surface area (Å²) in [7, 11) is 1.83. The van der Waals surface area contributed by atoms with Crippen molar-refractivity contribution in [2.45, 2.75) is 13.5 Å². The zero-order valence-electron chi connectivity index (χ0n) is 16.6. The summed E-state index contributed by atoms with van der Waals surface area (Å²) in [4.78, 5) is 26.0. The van der Waals surface area contributed by atoms with E-state index in [-0.39, 0.29) is 18.7 Å². The quantitative estimate of drug-likeness (QED) is 0.433. The summed E-state index contributed by atoms with van der Waals surface area (Å²) in [6.45, 7) is 1.75. The van der Waals surface area contributed by atoms with Crippen molar-refractivity contribution in [3.05, 3.63) is 65.0 Å². The van der Waals surface area contributed by atoms with Crippen LogP contribution in [0.15, 0.2) is 59.4 Å². The molecule has 0 bridgehead atoms. The highest BCUT2D eigenvalue weighted by atomic mass is 16.5. The minimum Gasteiger partial charge on any atom is -0.465 e. The van der Waals surface area contributed by atoms with Crippen molar-refractivity contribution in [1.82, 2.24) is 24.0 Å². The standard InChI is InChI=1S/C22H19N5O3/c1-3-30-17(28)13-26-21-18(14-9-5-4-6-10-14)23-24-27(21)19-15-11-7-8-12-16(15)25(2)20(19)22(26)29/h4-12H,3,13H2,1-2H3. The first-order valence-corrected chi connectivity index (χ1v) is 9.68. The van der Waals surface area contributed by atoms with Crippen LogP contribution in [-0.4, -0.2) is 36.5 Å². The van der Waals surface area contributed by atoms with E-state index in [9.17, 15) is 9.59 Å². The highest BCUT2D eigenvalue weighted by Gasteiger charge is 2.24. The second kappa shape index (κ2) is 6.84. The number of fused-ring (bicyclic) bond motifs is 5. The molecule has 3 heterocycles. The summed E-state index contributed by atoms with van der Waals surface area (Å²) in [5.41, 5.74) is 3.54. The Labute approximate surface area is 170 Å². The molecule has 150 valence electrons. The molecule has 0 unspecified atom stereocenters. The summed E-state index contributed by atoms with van der Waals surface area (Å²) in [6, 6.07) is 17.2. The molecule has 5 rings (SSSR count). The Morgan fingerprint density at radius 2 is 1.77 bits per heavy atom. The number of rotatable bonds is 4. The third-order valence-electron chi connectivity index (χ3n) is 5.28. The van der Waals surface area contributed by atoms with Crippen LogP contribution in [-0.2, 0) is 23.1 Å². The van der Waals surface area contributed by atoms with E-state index in [0.29, 0.717) is 22.4 Å². The molecule has 0 fully saturated rings. The van der Waals surface area contributed by atoms with Gasteiger partial charge < -0.3 is 9.30 Å². The Bertz CT molecular complexity index is 1480. The van der Waals surface area contributed by atoms with Gasteiger partial charge in [0.05, 0.1) is 12.1 Å². The number of aromatic nitrogens is 5. The van der Waals surface area contributed by atoms with E-state index in [1.165, 1.54) is 4.57 Å². The number of aryl methyl sites for hydroxylation is 1. The van der Waals surface area contributed by atoms with Gasteiger partial charge in [-0.15, -0.1) is 5.10 Å². The second-order valence-electron chi connectivity index (χ2n) is 7.01. The van der Waals surface area contributed by atoms with Crippen molar-refractivity contribution in [3.63, 3.8) is 0 Å². The number of ether oxygens (including phenoxy) is 1. The molecule has 0 N–H and O–H groups in total. The lowest BCUT2D eigenvalue weighted by molar-refractivity contribution is -0.143. The maximum atomic E-state index is 13.6. The molecule has 0 aliphatic rings. The van der Waals surface area contributed by atoms with Crippen LogP contribution < -0.4 is 5.56 Å². The highest BCUT2D eigenvalue weighted by molar-refractivity contribution is 6.06. The predicted octanol–water partition coefficient (Wildman–Crippen LogP) is 2.77. The maximum absolute atomic E-state index is 13.6. The minimum atomic E-state index is -0.486. The number of carbonyl (C=O) groups is 1. The van der Waals surface area contributed by atoms with E-state index in [1.807, 2.05) is 66.2 Å². The Morgan fingerprint density at radius 1 is 1.03 bits per heavy atom. The molecule has 0 atom stereocenters. The number of hydrogen-bond acceptors (Lipinski definition) is 5. The Morgan fingerprint density at radius 3 is 2.53 bits per heavy atom. The summed E-state index contributed by atoms with van der Waals surface area (Å²) < 4.78 is 10.0. The van der Waals surface area contributed by atoms with E-state index in [1.54, 1.807) is 11.4 Å². The fourth-order valence-corrected chi connectivity index (χ4v) is 3.99. The van der Waals surface area contributed by atoms with Crippen LogP contribution >= 0.6 is 0 Å². The molecule has 8 nitrogen and oxygen atoms in total. The van der Waals surface area contributed by atoms with Gasteiger partial charge in [-0.2, -0.15) is 4.52 Å². The molecule has 0 radical (unpaired) electrons. The molecule has 0 aliphatic carbocycles. The Balaban J connectivity index is 1.96. The SMILES string of the molecule is CCOC(=O)Cn1c(=O)c2c(c3ccccc3n2C)n2nnc(-c3ccccc3)c12. The van der Waals surface area contributed by atoms with Gasteiger partial charge in [0.1, 0.15) is 23.3 Å². The molecule has 5 aromatic rings. The van der Waals surface area contributed by atoms with Crippen molar-refractivity contribution in [3.8, 4) is 11.3 Å². The van der Waals surface area contributed by atoms with Gasteiger partial charge in [0.15, 0.2) is 5.65 Å². The molecule has 0 saturated carbocycles. The lowest BCUT2D eigenvalue weighted by atomic mass is 10.1. The van der Waals surface area contributed by atoms with Crippen LogP contribution in [0.3, 0.4) is 0 Å². The molecule has 0 aliphatic heterocycles. The first-order chi connectivity index (χ1) is 14.6. The van der Waals surface area contributed by atoms with Crippen molar-refractivity contribution in [2.75, 3.05) is 6.61 Å². The number of carbonyl (C=O) groups excluding carboxylic acids is 1. The topological polar surface area (TPSA) is 83.4 Å². The van der Waals surface area contributed by atoms with Crippen LogP contribution in [0.1, 0.15) is 6.92 Å². The van der Waals surface area contributed by atoms with Gasteiger partial charge in [0.25, 0.3) is 5.56 Å². The van der Waals surface area contributed by atoms with Crippen LogP contribution in [0.2, 0.25) is 0 Å². The van der Waals surface area contributed by atoms with Gasteiger partial charge >= 0.3 is 5.97 Å². The Kier molecular flexibility index (Phi) is 4.13. The predicted molar refractivity (Wildman–Crippen MR) is 113 cm³/mol. The molecule has 30 heavy (non-hydrogen) atoms. The van der Waals surface area contributed by atoms with Crippen molar-refractivity contribution < 1.29 is 9.53 Å². The number of hydrogen-bond donors (Lipinski definition) is 0. The van der Waals surface area contributed by atoms with Gasteiger partial charge in [-0.05, 0) is 13.0 Å². The number of esters is 1. The second-order valence-corrected chi connectivity index (χ2v) is 7.01.